The van der Waals surface area contributed by atoms with Crippen LogP contribution in [0, 0.1) is 6.92 Å². The highest BCUT2D eigenvalue weighted by atomic mass is 16.5. The molecule has 7 nitrogen and oxygen atoms in total. The van der Waals surface area contributed by atoms with E-state index < -0.39 is 0 Å². The van der Waals surface area contributed by atoms with Gasteiger partial charge in [-0.15, -0.1) is 0 Å². The van der Waals surface area contributed by atoms with Gasteiger partial charge in [0.25, 0.3) is 5.91 Å². The quantitative estimate of drug-likeness (QED) is 0.785. The third-order valence-corrected chi connectivity index (χ3v) is 4.41. The number of morpholine rings is 1. The molecule has 1 amide bonds. The summed E-state index contributed by atoms with van der Waals surface area (Å²) in [6.07, 6.45) is 0. The molecule has 4 rings (SSSR count). The normalized spacial score (nSPS) is 14.8. The molecule has 0 radical (unpaired) electrons. The molecule has 1 N–H and O–H groups in total. The molecule has 0 atom stereocenters. The highest BCUT2D eigenvalue weighted by Gasteiger charge is 2.19. The van der Waals surface area contributed by atoms with Crippen LogP contribution in [0.1, 0.15) is 21.9 Å². The van der Waals surface area contributed by atoms with Crippen molar-refractivity contribution in [3.05, 3.63) is 47.4 Å². The van der Waals surface area contributed by atoms with Gasteiger partial charge < -0.3 is 23.9 Å². The highest BCUT2D eigenvalue weighted by Crippen LogP contribution is 2.24. The molecule has 1 saturated heterocycles. The number of carbonyl (C=O) groups excluding carboxylic acids is 1. The molecule has 0 unspecified atom stereocenters. The Kier molecular flexibility index (Phi) is 4.15. The van der Waals surface area contributed by atoms with Crippen molar-refractivity contribution in [2.24, 2.45) is 0 Å². The summed E-state index contributed by atoms with van der Waals surface area (Å²) in [5.41, 5.74) is 1.85. The molecule has 0 saturated carbocycles. The fourth-order valence-corrected chi connectivity index (χ4v) is 2.96. The molecule has 25 heavy (non-hydrogen) atoms. The van der Waals surface area contributed by atoms with Crippen LogP contribution < -0.4 is 10.2 Å². The summed E-state index contributed by atoms with van der Waals surface area (Å²) < 4.78 is 16.3. The first-order valence-corrected chi connectivity index (χ1v) is 8.27. The molecule has 1 aliphatic heterocycles. The third kappa shape index (κ3) is 3.10. The molecular weight excluding hydrogens is 322 g/mol. The van der Waals surface area contributed by atoms with Crippen molar-refractivity contribution in [1.29, 1.82) is 0 Å². The fourth-order valence-electron chi connectivity index (χ4n) is 2.96. The van der Waals surface area contributed by atoms with E-state index >= 15 is 0 Å². The number of hydrogen-bond donors (Lipinski definition) is 1. The van der Waals surface area contributed by atoms with Crippen LogP contribution in [0.4, 0.5) is 5.82 Å². The van der Waals surface area contributed by atoms with Crippen LogP contribution in [-0.2, 0) is 11.3 Å². The van der Waals surface area contributed by atoms with Crippen molar-refractivity contribution in [2.75, 3.05) is 31.2 Å². The summed E-state index contributed by atoms with van der Waals surface area (Å²) in [6, 6.07) is 9.47. The summed E-state index contributed by atoms with van der Waals surface area (Å²) >= 11 is 0. The molecule has 130 valence electrons. The zero-order chi connectivity index (χ0) is 17.2. The van der Waals surface area contributed by atoms with Gasteiger partial charge in [0.2, 0.25) is 5.76 Å². The summed E-state index contributed by atoms with van der Waals surface area (Å²) in [6.45, 7) is 5.07. The van der Waals surface area contributed by atoms with Crippen LogP contribution in [-0.4, -0.2) is 37.4 Å². The number of fused-ring (bicyclic) bond motifs is 1. The number of hydrogen-bond acceptors (Lipinski definition) is 6. The summed E-state index contributed by atoms with van der Waals surface area (Å²) in [7, 11) is 0. The number of benzene rings is 1. The SMILES string of the molecule is Cc1c(CNC(=O)c2cc(N3CCOCC3)no2)oc2ccccc12. The van der Waals surface area contributed by atoms with E-state index in [2.05, 4.69) is 10.5 Å². The molecule has 0 aliphatic carbocycles. The van der Waals surface area contributed by atoms with E-state index in [1.165, 1.54) is 0 Å². The molecule has 3 heterocycles. The van der Waals surface area contributed by atoms with Gasteiger partial charge >= 0.3 is 0 Å². The van der Waals surface area contributed by atoms with Gasteiger partial charge in [0.15, 0.2) is 5.82 Å². The summed E-state index contributed by atoms with van der Waals surface area (Å²) in [4.78, 5) is 14.3. The number of para-hydroxylation sites is 1. The first-order chi connectivity index (χ1) is 12.2. The summed E-state index contributed by atoms with van der Waals surface area (Å²) in [5.74, 6) is 1.28. The number of amides is 1. The second kappa shape index (κ2) is 6.60. The van der Waals surface area contributed by atoms with Crippen molar-refractivity contribution >= 4 is 22.7 Å². The first-order valence-electron chi connectivity index (χ1n) is 8.27. The maximum absolute atomic E-state index is 12.3. The number of anilines is 1. The maximum Gasteiger partial charge on any atom is 0.290 e. The second-order valence-electron chi connectivity index (χ2n) is 5.98. The highest BCUT2D eigenvalue weighted by molar-refractivity contribution is 5.92. The average molecular weight is 341 g/mol. The molecule has 1 aromatic carbocycles. The standard InChI is InChI=1S/C18H19N3O4/c1-12-13-4-2-3-5-14(13)24-16(12)11-19-18(22)15-10-17(20-25-15)21-6-8-23-9-7-21/h2-5,10H,6-9,11H2,1H3,(H,19,22). The van der Waals surface area contributed by atoms with E-state index in [1.807, 2.05) is 36.1 Å². The molecular formula is C18H19N3O4. The van der Waals surface area contributed by atoms with Crippen LogP contribution in [0.25, 0.3) is 11.0 Å². The zero-order valence-electron chi connectivity index (χ0n) is 13.9. The lowest BCUT2D eigenvalue weighted by Gasteiger charge is -2.25. The topological polar surface area (TPSA) is 80.7 Å². The second-order valence-corrected chi connectivity index (χ2v) is 5.98. The molecule has 7 heteroatoms. The van der Waals surface area contributed by atoms with Crippen molar-refractivity contribution in [3.63, 3.8) is 0 Å². The lowest BCUT2D eigenvalue weighted by molar-refractivity contribution is 0.0911. The Morgan fingerprint density at radius 1 is 1.28 bits per heavy atom. The minimum atomic E-state index is -0.313. The van der Waals surface area contributed by atoms with Crippen molar-refractivity contribution in [3.8, 4) is 0 Å². The van der Waals surface area contributed by atoms with E-state index in [0.717, 1.165) is 35.4 Å². The fraction of sp³-hybridized carbons (Fsp3) is 0.333. The monoisotopic (exact) mass is 341 g/mol. The number of furan rings is 1. The first kappa shape index (κ1) is 15.7. The molecule has 0 bridgehead atoms. The van der Waals surface area contributed by atoms with Crippen LogP contribution >= 0.6 is 0 Å². The Hall–Kier alpha value is -2.80. The predicted molar refractivity (Wildman–Crippen MR) is 91.7 cm³/mol. The molecule has 1 aliphatic rings. The smallest absolute Gasteiger partial charge is 0.290 e. The van der Waals surface area contributed by atoms with Gasteiger partial charge in [-0.2, -0.15) is 0 Å². The molecule has 1 fully saturated rings. The predicted octanol–water partition coefficient (Wildman–Crippen LogP) is 2.50. The number of aryl methyl sites for hydroxylation is 1. The Labute approximate surface area is 144 Å². The molecule has 0 spiro atoms. The van der Waals surface area contributed by atoms with Gasteiger partial charge in [0.05, 0.1) is 19.8 Å². The third-order valence-electron chi connectivity index (χ3n) is 4.41. The Morgan fingerprint density at radius 3 is 2.88 bits per heavy atom. The van der Waals surface area contributed by atoms with Gasteiger partial charge in [0.1, 0.15) is 11.3 Å². The summed E-state index contributed by atoms with van der Waals surface area (Å²) in [5, 5.41) is 7.86. The van der Waals surface area contributed by atoms with Crippen molar-refractivity contribution in [1.82, 2.24) is 10.5 Å². The average Bonchev–Trinajstić information content (AvgIpc) is 3.26. The van der Waals surface area contributed by atoms with E-state index in [0.29, 0.717) is 25.6 Å². The number of nitrogens with one attached hydrogen (secondary N) is 1. The van der Waals surface area contributed by atoms with E-state index in [1.54, 1.807) is 6.07 Å². The van der Waals surface area contributed by atoms with E-state index in [-0.39, 0.29) is 11.7 Å². The number of ether oxygens (including phenoxy) is 1. The van der Waals surface area contributed by atoms with Crippen LogP contribution in [0.2, 0.25) is 0 Å². The van der Waals surface area contributed by atoms with Gasteiger partial charge in [-0.25, -0.2) is 0 Å². The Morgan fingerprint density at radius 2 is 2.08 bits per heavy atom. The lowest BCUT2D eigenvalue weighted by atomic mass is 10.1. The number of rotatable bonds is 4. The Balaban J connectivity index is 1.43. The molecule has 3 aromatic rings. The van der Waals surface area contributed by atoms with Gasteiger partial charge in [-0.3, -0.25) is 4.79 Å². The van der Waals surface area contributed by atoms with E-state index in [9.17, 15) is 4.79 Å². The lowest BCUT2D eigenvalue weighted by Crippen LogP contribution is -2.36. The van der Waals surface area contributed by atoms with Crippen molar-refractivity contribution < 1.29 is 18.5 Å². The zero-order valence-corrected chi connectivity index (χ0v) is 13.9. The Bertz CT molecular complexity index is 893. The number of nitrogens with zero attached hydrogens (tertiary/aromatic N) is 2. The van der Waals surface area contributed by atoms with Crippen molar-refractivity contribution in [2.45, 2.75) is 13.5 Å². The van der Waals surface area contributed by atoms with Gasteiger partial charge in [-0.05, 0) is 13.0 Å². The minimum absolute atomic E-state index is 0.190. The molecule has 2 aromatic heterocycles. The number of aromatic nitrogens is 1. The van der Waals surface area contributed by atoms with Gasteiger partial charge in [-0.1, -0.05) is 23.4 Å². The number of carbonyl (C=O) groups is 1. The van der Waals surface area contributed by atoms with E-state index in [4.69, 9.17) is 13.7 Å². The maximum atomic E-state index is 12.3. The van der Waals surface area contributed by atoms with Crippen LogP contribution in [0.3, 0.4) is 0 Å². The van der Waals surface area contributed by atoms with Gasteiger partial charge in [0, 0.05) is 30.1 Å². The van der Waals surface area contributed by atoms with Crippen LogP contribution in [0.5, 0.6) is 0 Å². The largest absolute Gasteiger partial charge is 0.459 e. The minimum Gasteiger partial charge on any atom is -0.459 e. The van der Waals surface area contributed by atoms with Crippen LogP contribution in [0.15, 0.2) is 39.3 Å².